The van der Waals surface area contributed by atoms with Crippen LogP contribution in [0.5, 0.6) is 0 Å². The first kappa shape index (κ1) is 13.8. The summed E-state index contributed by atoms with van der Waals surface area (Å²) >= 11 is 1.47. The smallest absolute Gasteiger partial charge is 0.306 e. The number of imide groups is 1. The molecule has 0 N–H and O–H groups in total. The van der Waals surface area contributed by atoms with Gasteiger partial charge >= 0.3 is 5.97 Å². The summed E-state index contributed by atoms with van der Waals surface area (Å²) in [7, 11) is 0. The molecule has 0 aromatic rings. The molecule has 0 saturated carbocycles. The number of ether oxygens (including phenoxy) is 1. The molecule has 1 heterocycles. The Morgan fingerprint density at radius 2 is 2.00 bits per heavy atom. The fourth-order valence-electron chi connectivity index (χ4n) is 1.24. The predicted octanol–water partition coefficient (Wildman–Crippen LogP) is 0.945. The quantitative estimate of drug-likeness (QED) is 0.294. The Balaban J connectivity index is 2.03. The molecule has 0 unspecified atom stereocenters. The van der Waals surface area contributed by atoms with E-state index in [9.17, 15) is 14.4 Å². The first-order chi connectivity index (χ1) is 8.15. The van der Waals surface area contributed by atoms with Crippen LogP contribution in [0.1, 0.15) is 19.8 Å². The first-order valence-corrected chi connectivity index (χ1v) is 6.57. The summed E-state index contributed by atoms with van der Waals surface area (Å²) in [6.07, 6.45) is 3.63. The van der Waals surface area contributed by atoms with E-state index < -0.39 is 0 Å². The Kier molecular flexibility index (Phi) is 5.76. The lowest BCUT2D eigenvalue weighted by Crippen LogP contribution is -2.31. The molecule has 2 amide bonds. The Morgan fingerprint density at radius 3 is 2.59 bits per heavy atom. The number of rotatable bonds is 7. The molecular weight excluding hydrogens is 242 g/mol. The van der Waals surface area contributed by atoms with Gasteiger partial charge < -0.3 is 4.74 Å². The van der Waals surface area contributed by atoms with Gasteiger partial charge in [0, 0.05) is 25.1 Å². The SMILES string of the molecule is CCC(=O)OCSCCCN1C(=O)C=CC1=O. The van der Waals surface area contributed by atoms with Gasteiger partial charge in [-0.3, -0.25) is 19.3 Å². The average Bonchev–Trinajstić information content (AvgIpc) is 2.64. The minimum absolute atomic E-state index is 0.216. The number of thioether (sulfide) groups is 1. The van der Waals surface area contributed by atoms with Crippen molar-refractivity contribution in [3.63, 3.8) is 0 Å². The standard InChI is InChI=1S/C11H15NO4S/c1-2-11(15)16-8-17-7-3-6-12-9(13)4-5-10(12)14/h4-5H,2-3,6-8H2,1H3. The minimum Gasteiger partial charge on any atom is -0.455 e. The van der Waals surface area contributed by atoms with E-state index in [0.29, 0.717) is 25.3 Å². The second-order valence-electron chi connectivity index (χ2n) is 3.41. The Labute approximate surface area is 104 Å². The molecule has 0 aromatic carbocycles. The Bertz CT molecular complexity index is 322. The molecule has 0 aliphatic carbocycles. The molecule has 94 valence electrons. The Hall–Kier alpha value is -1.30. The van der Waals surface area contributed by atoms with Crippen molar-refractivity contribution < 1.29 is 19.1 Å². The highest BCUT2D eigenvalue weighted by molar-refractivity contribution is 7.99. The molecule has 17 heavy (non-hydrogen) atoms. The van der Waals surface area contributed by atoms with Crippen LogP contribution in [0.3, 0.4) is 0 Å². The highest BCUT2D eigenvalue weighted by Crippen LogP contribution is 2.08. The van der Waals surface area contributed by atoms with Crippen molar-refractivity contribution in [2.24, 2.45) is 0 Å². The molecule has 0 radical (unpaired) electrons. The van der Waals surface area contributed by atoms with Crippen molar-refractivity contribution in [3.05, 3.63) is 12.2 Å². The van der Waals surface area contributed by atoms with E-state index in [1.54, 1.807) is 6.92 Å². The zero-order valence-electron chi connectivity index (χ0n) is 9.68. The van der Waals surface area contributed by atoms with E-state index in [1.165, 1.54) is 28.8 Å². The second-order valence-corrected chi connectivity index (χ2v) is 4.46. The van der Waals surface area contributed by atoms with Crippen LogP contribution in [0.25, 0.3) is 0 Å². The van der Waals surface area contributed by atoms with Crippen molar-refractivity contribution >= 4 is 29.5 Å². The molecule has 6 heteroatoms. The van der Waals surface area contributed by atoms with Crippen molar-refractivity contribution in [2.45, 2.75) is 19.8 Å². The van der Waals surface area contributed by atoms with Crippen LogP contribution in [-0.4, -0.2) is 40.9 Å². The lowest BCUT2D eigenvalue weighted by atomic mass is 10.4. The van der Waals surface area contributed by atoms with Gasteiger partial charge in [-0.15, -0.1) is 11.8 Å². The molecule has 1 aliphatic rings. The van der Waals surface area contributed by atoms with Gasteiger partial charge in [0.25, 0.3) is 11.8 Å². The molecule has 0 spiro atoms. The molecule has 1 rings (SSSR count). The van der Waals surface area contributed by atoms with Gasteiger partial charge in [0.15, 0.2) is 0 Å². The summed E-state index contributed by atoms with van der Waals surface area (Å²) in [5.41, 5.74) is 0. The van der Waals surface area contributed by atoms with E-state index in [-0.39, 0.29) is 17.8 Å². The first-order valence-electron chi connectivity index (χ1n) is 5.42. The molecular formula is C11H15NO4S. The van der Waals surface area contributed by atoms with Crippen LogP contribution in [0.4, 0.5) is 0 Å². The van der Waals surface area contributed by atoms with Crippen LogP contribution in [0, 0.1) is 0 Å². The molecule has 0 atom stereocenters. The molecule has 0 bridgehead atoms. The summed E-state index contributed by atoms with van der Waals surface area (Å²) in [4.78, 5) is 34.4. The van der Waals surface area contributed by atoms with Gasteiger partial charge in [0.1, 0.15) is 5.94 Å². The van der Waals surface area contributed by atoms with Crippen LogP contribution >= 0.6 is 11.8 Å². The van der Waals surface area contributed by atoms with Gasteiger partial charge in [0.05, 0.1) is 0 Å². The van der Waals surface area contributed by atoms with E-state index >= 15 is 0 Å². The monoisotopic (exact) mass is 257 g/mol. The number of esters is 1. The summed E-state index contributed by atoms with van der Waals surface area (Å²) in [6, 6.07) is 0. The van der Waals surface area contributed by atoms with Crippen LogP contribution < -0.4 is 0 Å². The molecule has 5 nitrogen and oxygen atoms in total. The topological polar surface area (TPSA) is 63.7 Å². The largest absolute Gasteiger partial charge is 0.455 e. The predicted molar refractivity (Wildman–Crippen MR) is 64.2 cm³/mol. The highest BCUT2D eigenvalue weighted by Gasteiger charge is 2.22. The lowest BCUT2D eigenvalue weighted by molar-refractivity contribution is -0.141. The van der Waals surface area contributed by atoms with E-state index in [1.807, 2.05) is 0 Å². The van der Waals surface area contributed by atoms with Crippen molar-refractivity contribution in [1.82, 2.24) is 4.90 Å². The normalized spacial score (nSPS) is 14.5. The third-order valence-electron chi connectivity index (χ3n) is 2.16. The van der Waals surface area contributed by atoms with Gasteiger partial charge in [-0.25, -0.2) is 0 Å². The molecule has 1 aliphatic heterocycles. The van der Waals surface area contributed by atoms with E-state index in [2.05, 4.69) is 0 Å². The lowest BCUT2D eigenvalue weighted by Gasteiger charge is -2.12. The van der Waals surface area contributed by atoms with Crippen molar-refractivity contribution in [2.75, 3.05) is 18.2 Å². The second kappa shape index (κ2) is 7.11. The van der Waals surface area contributed by atoms with Crippen LogP contribution in [0.15, 0.2) is 12.2 Å². The fourth-order valence-corrected chi connectivity index (χ4v) is 1.91. The number of hydrogen-bond donors (Lipinski definition) is 0. The van der Waals surface area contributed by atoms with Crippen LogP contribution in [-0.2, 0) is 19.1 Å². The molecule has 0 aromatic heterocycles. The molecule has 0 saturated heterocycles. The number of amides is 2. The summed E-state index contributed by atoms with van der Waals surface area (Å²) in [6.45, 7) is 2.16. The highest BCUT2D eigenvalue weighted by atomic mass is 32.2. The summed E-state index contributed by atoms with van der Waals surface area (Å²) < 4.78 is 4.87. The maximum atomic E-state index is 11.2. The zero-order valence-corrected chi connectivity index (χ0v) is 10.5. The van der Waals surface area contributed by atoms with Gasteiger partial charge in [-0.2, -0.15) is 0 Å². The number of carbonyl (C=O) groups is 3. The number of carbonyl (C=O) groups excluding carboxylic acids is 3. The fraction of sp³-hybridized carbons (Fsp3) is 0.545. The average molecular weight is 257 g/mol. The third kappa shape index (κ3) is 4.60. The Morgan fingerprint density at radius 1 is 1.35 bits per heavy atom. The van der Waals surface area contributed by atoms with Crippen molar-refractivity contribution in [3.8, 4) is 0 Å². The van der Waals surface area contributed by atoms with Crippen LogP contribution in [0.2, 0.25) is 0 Å². The zero-order chi connectivity index (χ0) is 12.7. The van der Waals surface area contributed by atoms with Crippen molar-refractivity contribution in [1.29, 1.82) is 0 Å². The van der Waals surface area contributed by atoms with Gasteiger partial charge in [-0.1, -0.05) is 6.92 Å². The molecule has 0 fully saturated rings. The number of nitrogens with zero attached hydrogens (tertiary/aromatic N) is 1. The summed E-state index contributed by atoms with van der Waals surface area (Å²) in [5.74, 6) is 0.349. The third-order valence-corrected chi connectivity index (χ3v) is 3.02. The van der Waals surface area contributed by atoms with Gasteiger partial charge in [-0.05, 0) is 12.2 Å². The van der Waals surface area contributed by atoms with E-state index in [0.717, 1.165) is 5.75 Å². The summed E-state index contributed by atoms with van der Waals surface area (Å²) in [5, 5.41) is 0. The number of hydrogen-bond acceptors (Lipinski definition) is 5. The maximum Gasteiger partial charge on any atom is 0.306 e. The minimum atomic E-state index is -0.252. The van der Waals surface area contributed by atoms with Gasteiger partial charge in [0.2, 0.25) is 0 Å². The van der Waals surface area contributed by atoms with E-state index in [4.69, 9.17) is 4.74 Å². The maximum absolute atomic E-state index is 11.2.